The lowest BCUT2D eigenvalue weighted by atomic mass is 10.1. The van der Waals surface area contributed by atoms with Crippen LogP contribution in [0.4, 0.5) is 11.4 Å². The molecule has 3 amide bonds. The molecule has 152 valence electrons. The number of piperazine rings is 1. The van der Waals surface area contributed by atoms with Gasteiger partial charge in [0.25, 0.3) is 5.91 Å². The second kappa shape index (κ2) is 8.20. The lowest BCUT2D eigenvalue weighted by molar-refractivity contribution is -0.120. The van der Waals surface area contributed by atoms with Crippen molar-refractivity contribution < 1.29 is 14.4 Å². The molecule has 1 fully saturated rings. The van der Waals surface area contributed by atoms with Crippen LogP contribution in [0.5, 0.6) is 0 Å². The number of aromatic nitrogens is 2. The van der Waals surface area contributed by atoms with Crippen molar-refractivity contribution in [1.82, 2.24) is 14.7 Å². The molecule has 0 atom stereocenters. The van der Waals surface area contributed by atoms with E-state index in [1.807, 2.05) is 30.3 Å². The number of para-hydroxylation sites is 1. The zero-order valence-corrected chi connectivity index (χ0v) is 16.5. The summed E-state index contributed by atoms with van der Waals surface area (Å²) in [4.78, 5) is 39.8. The summed E-state index contributed by atoms with van der Waals surface area (Å²) in [6.45, 7) is 2.42. The standard InChI is InChI=1S/C22H21N5O3/c1-16(28)24-18-13-23-27(14-18)20-9-7-17(8-10-20)22(30)25-11-12-26(21(29)15-25)19-5-3-2-4-6-19/h2-10,13-14H,11-12,15H2,1H3,(H,24,28). The first kappa shape index (κ1) is 19.4. The van der Waals surface area contributed by atoms with Gasteiger partial charge < -0.3 is 15.1 Å². The molecule has 2 aromatic carbocycles. The number of anilines is 2. The van der Waals surface area contributed by atoms with Gasteiger partial charge in [-0.2, -0.15) is 5.10 Å². The number of nitrogens with one attached hydrogen (secondary N) is 1. The SMILES string of the molecule is CC(=O)Nc1cnn(-c2ccc(C(=O)N3CCN(c4ccccc4)C(=O)C3)cc2)c1. The smallest absolute Gasteiger partial charge is 0.254 e. The number of hydrogen-bond acceptors (Lipinski definition) is 4. The summed E-state index contributed by atoms with van der Waals surface area (Å²) in [6, 6.07) is 16.4. The fourth-order valence-corrected chi connectivity index (χ4v) is 3.40. The molecule has 1 aromatic heterocycles. The van der Waals surface area contributed by atoms with Gasteiger partial charge in [-0.3, -0.25) is 14.4 Å². The molecule has 0 radical (unpaired) electrons. The minimum absolute atomic E-state index is 0.0503. The maximum atomic E-state index is 12.8. The number of rotatable bonds is 4. The molecule has 1 aliphatic rings. The van der Waals surface area contributed by atoms with Crippen LogP contribution in [-0.2, 0) is 9.59 Å². The minimum Gasteiger partial charge on any atom is -0.328 e. The van der Waals surface area contributed by atoms with Crippen LogP contribution in [0.25, 0.3) is 5.69 Å². The molecule has 30 heavy (non-hydrogen) atoms. The number of amides is 3. The Labute approximate surface area is 173 Å². The van der Waals surface area contributed by atoms with Crippen molar-refractivity contribution in [2.24, 2.45) is 0 Å². The highest BCUT2D eigenvalue weighted by Crippen LogP contribution is 2.19. The molecular formula is C22H21N5O3. The van der Waals surface area contributed by atoms with Crippen molar-refractivity contribution in [2.75, 3.05) is 29.9 Å². The summed E-state index contributed by atoms with van der Waals surface area (Å²) in [5.41, 5.74) is 2.70. The topological polar surface area (TPSA) is 87.5 Å². The Kier molecular flexibility index (Phi) is 5.30. The van der Waals surface area contributed by atoms with E-state index in [-0.39, 0.29) is 24.3 Å². The Morgan fingerprint density at radius 1 is 0.967 bits per heavy atom. The van der Waals surface area contributed by atoms with Crippen LogP contribution >= 0.6 is 0 Å². The zero-order valence-electron chi connectivity index (χ0n) is 16.5. The lowest BCUT2D eigenvalue weighted by Crippen LogP contribution is -2.52. The first-order valence-electron chi connectivity index (χ1n) is 9.58. The Morgan fingerprint density at radius 3 is 2.37 bits per heavy atom. The monoisotopic (exact) mass is 403 g/mol. The van der Waals surface area contributed by atoms with E-state index in [1.165, 1.54) is 6.92 Å². The fraction of sp³-hybridized carbons (Fsp3) is 0.182. The van der Waals surface area contributed by atoms with Gasteiger partial charge in [0, 0.05) is 31.3 Å². The van der Waals surface area contributed by atoms with Gasteiger partial charge in [-0.1, -0.05) is 18.2 Å². The van der Waals surface area contributed by atoms with Crippen LogP contribution in [-0.4, -0.2) is 52.0 Å². The third kappa shape index (κ3) is 4.07. The van der Waals surface area contributed by atoms with Gasteiger partial charge in [-0.25, -0.2) is 4.68 Å². The Balaban J connectivity index is 1.42. The van der Waals surface area contributed by atoms with Crippen LogP contribution < -0.4 is 10.2 Å². The Bertz CT molecular complexity index is 1080. The molecule has 0 aliphatic carbocycles. The summed E-state index contributed by atoms with van der Waals surface area (Å²) < 4.78 is 1.61. The molecule has 4 rings (SSSR count). The van der Waals surface area contributed by atoms with Crippen molar-refractivity contribution in [3.05, 3.63) is 72.6 Å². The van der Waals surface area contributed by atoms with E-state index in [0.29, 0.717) is 24.3 Å². The van der Waals surface area contributed by atoms with E-state index in [4.69, 9.17) is 0 Å². The van der Waals surface area contributed by atoms with Gasteiger partial charge in [0.15, 0.2) is 0 Å². The van der Waals surface area contributed by atoms with Crippen molar-refractivity contribution in [3.63, 3.8) is 0 Å². The van der Waals surface area contributed by atoms with Crippen LogP contribution in [0.15, 0.2) is 67.0 Å². The van der Waals surface area contributed by atoms with Crippen molar-refractivity contribution in [1.29, 1.82) is 0 Å². The summed E-state index contributed by atoms with van der Waals surface area (Å²) in [6.07, 6.45) is 3.25. The molecule has 2 heterocycles. The molecule has 0 spiro atoms. The van der Waals surface area contributed by atoms with Gasteiger partial charge in [-0.05, 0) is 36.4 Å². The van der Waals surface area contributed by atoms with Crippen LogP contribution in [0, 0.1) is 0 Å². The third-order valence-electron chi connectivity index (χ3n) is 4.86. The van der Waals surface area contributed by atoms with E-state index < -0.39 is 0 Å². The molecule has 0 saturated carbocycles. The van der Waals surface area contributed by atoms with Crippen LogP contribution in [0.2, 0.25) is 0 Å². The highest BCUT2D eigenvalue weighted by Gasteiger charge is 2.28. The zero-order chi connectivity index (χ0) is 21.1. The van der Waals surface area contributed by atoms with Crippen molar-refractivity contribution in [2.45, 2.75) is 6.92 Å². The van der Waals surface area contributed by atoms with Gasteiger partial charge in [0.05, 0.1) is 23.8 Å². The van der Waals surface area contributed by atoms with Gasteiger partial charge in [-0.15, -0.1) is 0 Å². The summed E-state index contributed by atoms with van der Waals surface area (Å²) in [5, 5.41) is 6.88. The molecule has 0 bridgehead atoms. The predicted octanol–water partition coefficient (Wildman–Crippen LogP) is 2.32. The van der Waals surface area contributed by atoms with Crippen LogP contribution in [0.1, 0.15) is 17.3 Å². The molecule has 0 unspecified atom stereocenters. The van der Waals surface area contributed by atoms with Gasteiger partial charge in [0.1, 0.15) is 6.54 Å². The normalized spacial score (nSPS) is 14.0. The highest BCUT2D eigenvalue weighted by atomic mass is 16.2. The van der Waals surface area contributed by atoms with E-state index in [0.717, 1.165) is 11.4 Å². The lowest BCUT2D eigenvalue weighted by Gasteiger charge is -2.34. The third-order valence-corrected chi connectivity index (χ3v) is 4.86. The van der Waals surface area contributed by atoms with Crippen molar-refractivity contribution in [3.8, 4) is 5.69 Å². The number of nitrogens with zero attached hydrogens (tertiary/aromatic N) is 4. The van der Waals surface area contributed by atoms with E-state index in [9.17, 15) is 14.4 Å². The maximum Gasteiger partial charge on any atom is 0.254 e. The van der Waals surface area contributed by atoms with Crippen molar-refractivity contribution >= 4 is 29.1 Å². The molecule has 8 nitrogen and oxygen atoms in total. The first-order valence-corrected chi connectivity index (χ1v) is 9.58. The average Bonchev–Trinajstić information content (AvgIpc) is 3.21. The fourth-order valence-electron chi connectivity index (χ4n) is 3.40. The van der Waals surface area contributed by atoms with Crippen LogP contribution in [0.3, 0.4) is 0 Å². The van der Waals surface area contributed by atoms with E-state index >= 15 is 0 Å². The van der Waals surface area contributed by atoms with Gasteiger partial charge >= 0.3 is 0 Å². The second-order valence-electron chi connectivity index (χ2n) is 7.01. The summed E-state index contributed by atoms with van der Waals surface area (Å²) in [7, 11) is 0. The molecule has 1 aliphatic heterocycles. The number of hydrogen-bond donors (Lipinski definition) is 1. The number of carbonyl (C=O) groups is 3. The average molecular weight is 403 g/mol. The second-order valence-corrected chi connectivity index (χ2v) is 7.01. The van der Waals surface area contributed by atoms with Gasteiger partial charge in [0.2, 0.25) is 11.8 Å². The Morgan fingerprint density at radius 2 is 1.70 bits per heavy atom. The molecular weight excluding hydrogens is 382 g/mol. The van der Waals surface area contributed by atoms with E-state index in [2.05, 4.69) is 10.4 Å². The highest BCUT2D eigenvalue weighted by molar-refractivity contribution is 6.01. The maximum absolute atomic E-state index is 12.8. The molecule has 8 heteroatoms. The van der Waals surface area contributed by atoms with E-state index in [1.54, 1.807) is 51.1 Å². The molecule has 1 saturated heterocycles. The minimum atomic E-state index is -0.179. The number of carbonyl (C=O) groups excluding carboxylic acids is 3. The summed E-state index contributed by atoms with van der Waals surface area (Å²) in [5.74, 6) is -0.445. The number of benzene rings is 2. The summed E-state index contributed by atoms with van der Waals surface area (Å²) >= 11 is 0. The molecule has 3 aromatic rings. The Hall–Kier alpha value is -3.94. The first-order chi connectivity index (χ1) is 14.5. The molecule has 1 N–H and O–H groups in total. The quantitative estimate of drug-likeness (QED) is 0.724. The predicted molar refractivity (Wildman–Crippen MR) is 113 cm³/mol. The largest absolute Gasteiger partial charge is 0.328 e.